The molecule has 0 unspecified atom stereocenters. The summed E-state index contributed by atoms with van der Waals surface area (Å²) in [6.07, 6.45) is 12.9. The smallest absolute Gasteiger partial charge is 0.229 e. The van der Waals surface area contributed by atoms with E-state index in [0.29, 0.717) is 24.7 Å². The minimum absolute atomic E-state index is 0.163. The first-order valence-electron chi connectivity index (χ1n) is 12.7. The van der Waals surface area contributed by atoms with Crippen LogP contribution in [0.3, 0.4) is 0 Å². The van der Waals surface area contributed by atoms with Gasteiger partial charge in [0.1, 0.15) is 0 Å². The summed E-state index contributed by atoms with van der Waals surface area (Å²) in [5.41, 5.74) is 4.41. The highest BCUT2D eigenvalue weighted by Crippen LogP contribution is 2.23. The molecule has 0 amide bonds. The Bertz CT molecular complexity index is 1200. The van der Waals surface area contributed by atoms with E-state index in [1.165, 1.54) is 12.8 Å². The van der Waals surface area contributed by atoms with Crippen LogP contribution in [0.25, 0.3) is 5.82 Å². The molecule has 37 heavy (non-hydrogen) atoms. The Balaban J connectivity index is 0.000000568. The predicted octanol–water partition coefficient (Wildman–Crippen LogP) is 5.78. The molecular formula is C28H38ClFN6O. The number of aliphatic imine (C=N–C) groups is 1. The summed E-state index contributed by atoms with van der Waals surface area (Å²) in [5.74, 6) is 0.817. The topological polar surface area (TPSA) is 78.6 Å². The number of nitrogens with one attached hydrogen (secondary N) is 1. The second-order valence-corrected chi connectivity index (χ2v) is 10.5. The molecule has 2 aromatic heterocycles. The van der Waals surface area contributed by atoms with Crippen LogP contribution >= 0.6 is 11.6 Å². The first kappa shape index (κ1) is 28.8. The van der Waals surface area contributed by atoms with Gasteiger partial charge in [-0.3, -0.25) is 9.89 Å². The minimum atomic E-state index is -0.516. The number of aliphatic hydroxyl groups excluding tert-OH is 1. The van der Waals surface area contributed by atoms with Crippen molar-refractivity contribution in [3.05, 3.63) is 70.1 Å². The Morgan fingerprint density at radius 1 is 1.30 bits per heavy atom. The van der Waals surface area contributed by atoms with Crippen molar-refractivity contribution in [3.8, 4) is 5.82 Å². The molecule has 0 saturated carbocycles. The maximum atomic E-state index is 14.5. The van der Waals surface area contributed by atoms with E-state index >= 15 is 0 Å². The van der Waals surface area contributed by atoms with E-state index in [1.54, 1.807) is 18.5 Å². The van der Waals surface area contributed by atoms with Crippen LogP contribution in [0.1, 0.15) is 51.7 Å². The van der Waals surface area contributed by atoms with Crippen LogP contribution < -0.4 is 5.32 Å². The maximum absolute atomic E-state index is 14.5. The van der Waals surface area contributed by atoms with Gasteiger partial charge in [-0.15, -0.1) is 0 Å². The highest BCUT2D eigenvalue weighted by Gasteiger charge is 2.25. The van der Waals surface area contributed by atoms with E-state index in [0.717, 1.165) is 40.2 Å². The lowest BCUT2D eigenvalue weighted by Crippen LogP contribution is -2.49. The molecule has 9 heteroatoms. The molecule has 0 spiro atoms. The third kappa shape index (κ3) is 7.84. The molecule has 1 aliphatic heterocycles. The number of allylic oxidation sites excluding steroid dienone is 5. The van der Waals surface area contributed by atoms with E-state index in [9.17, 15) is 9.50 Å². The van der Waals surface area contributed by atoms with Gasteiger partial charge in [0.25, 0.3) is 0 Å². The number of anilines is 1. The average molecular weight is 529 g/mol. The van der Waals surface area contributed by atoms with Crippen LogP contribution in [-0.4, -0.2) is 56.5 Å². The zero-order valence-corrected chi connectivity index (χ0v) is 23.3. The first-order valence-corrected chi connectivity index (χ1v) is 13.1. The molecule has 200 valence electrons. The number of nitrogens with zero attached hydrogens (tertiary/aromatic N) is 5. The number of aliphatic hydroxyl groups is 1. The summed E-state index contributed by atoms with van der Waals surface area (Å²) in [6.45, 7) is 12.5. The second kappa shape index (κ2) is 13.1. The van der Waals surface area contributed by atoms with Crippen molar-refractivity contribution in [1.82, 2.24) is 19.4 Å². The Morgan fingerprint density at radius 3 is 2.59 bits per heavy atom. The largest absolute Gasteiger partial charge is 0.390 e. The molecule has 3 heterocycles. The summed E-state index contributed by atoms with van der Waals surface area (Å²) in [7, 11) is 1.71. The van der Waals surface area contributed by atoms with Crippen molar-refractivity contribution in [2.75, 3.05) is 25.5 Å². The zero-order chi connectivity index (χ0) is 27.1. The molecule has 0 bridgehead atoms. The average Bonchev–Trinajstić information content (AvgIpc) is 3.19. The Labute approximate surface area is 224 Å². The van der Waals surface area contributed by atoms with E-state index < -0.39 is 5.82 Å². The lowest BCUT2D eigenvalue weighted by molar-refractivity contribution is -0.00295. The summed E-state index contributed by atoms with van der Waals surface area (Å²) in [5, 5.41) is 13.2. The second-order valence-electron chi connectivity index (χ2n) is 9.88. The molecule has 0 atom stereocenters. The number of likely N-dealkylation sites (tertiary alicyclic amines) is 1. The summed E-state index contributed by atoms with van der Waals surface area (Å²) in [6, 6.07) is 0. The van der Waals surface area contributed by atoms with Gasteiger partial charge in [-0.25, -0.2) is 9.37 Å². The van der Waals surface area contributed by atoms with Crippen molar-refractivity contribution in [2.45, 2.75) is 60.1 Å². The summed E-state index contributed by atoms with van der Waals surface area (Å²) in [4.78, 5) is 14.8. The lowest BCUT2D eigenvalue weighted by Gasteiger charge is -2.35. The molecule has 1 fully saturated rings. The third-order valence-corrected chi connectivity index (χ3v) is 6.37. The Kier molecular flexibility index (Phi) is 10.2. The van der Waals surface area contributed by atoms with Gasteiger partial charge < -0.3 is 15.0 Å². The van der Waals surface area contributed by atoms with Gasteiger partial charge in [-0.2, -0.15) is 4.98 Å². The SMILES string of the molecule is CCCC(C)C.CN=C1C=CC(Nc2ncc(F)c(-n3cc(C)c(CN4CC(O)C4)c3)n2)=C/C1=C(/C)Cl. The molecule has 4 rings (SSSR count). The summed E-state index contributed by atoms with van der Waals surface area (Å²) >= 11 is 6.19. The molecule has 2 aromatic rings. The molecule has 2 aliphatic rings. The fourth-order valence-electron chi connectivity index (χ4n) is 4.19. The quantitative estimate of drug-likeness (QED) is 0.476. The van der Waals surface area contributed by atoms with Crippen LogP contribution in [0, 0.1) is 18.7 Å². The van der Waals surface area contributed by atoms with Gasteiger partial charge in [0, 0.05) is 55.4 Å². The number of rotatable bonds is 7. The third-order valence-electron chi connectivity index (χ3n) is 6.17. The Morgan fingerprint density at radius 2 is 2.03 bits per heavy atom. The van der Waals surface area contributed by atoms with Crippen molar-refractivity contribution in [3.63, 3.8) is 0 Å². The minimum Gasteiger partial charge on any atom is -0.390 e. The van der Waals surface area contributed by atoms with E-state index in [1.807, 2.05) is 37.5 Å². The van der Waals surface area contributed by atoms with Gasteiger partial charge >= 0.3 is 0 Å². The molecule has 1 aliphatic carbocycles. The van der Waals surface area contributed by atoms with E-state index in [2.05, 4.69) is 45.9 Å². The molecule has 1 saturated heterocycles. The van der Waals surface area contributed by atoms with Crippen LogP contribution in [0.15, 0.2) is 58.1 Å². The fraction of sp³-hybridized carbons (Fsp3) is 0.464. The number of aryl methyl sites for hydroxylation is 1. The van der Waals surface area contributed by atoms with Gasteiger partial charge in [0.15, 0.2) is 11.6 Å². The lowest BCUT2D eigenvalue weighted by atomic mass is 10.0. The molecule has 7 nitrogen and oxygen atoms in total. The number of aromatic nitrogens is 3. The van der Waals surface area contributed by atoms with Crippen LogP contribution in [0.4, 0.5) is 10.3 Å². The fourth-order valence-corrected chi connectivity index (χ4v) is 4.34. The van der Waals surface area contributed by atoms with Crippen LogP contribution in [-0.2, 0) is 6.54 Å². The highest BCUT2D eigenvalue weighted by molar-refractivity contribution is 6.33. The Hall–Kier alpha value is -2.81. The molecule has 2 N–H and O–H groups in total. The number of halogens is 2. The maximum Gasteiger partial charge on any atom is 0.229 e. The predicted molar refractivity (Wildman–Crippen MR) is 150 cm³/mol. The van der Waals surface area contributed by atoms with Crippen LogP contribution in [0.5, 0.6) is 0 Å². The van der Waals surface area contributed by atoms with Gasteiger partial charge in [-0.05, 0) is 49.1 Å². The molecule has 0 radical (unpaired) electrons. The first-order chi connectivity index (χ1) is 17.6. The van der Waals surface area contributed by atoms with Gasteiger partial charge in [0.05, 0.1) is 18.0 Å². The zero-order valence-electron chi connectivity index (χ0n) is 22.6. The standard InChI is InChI=1S/C22H24ClFN6O.C6H14/c1-13-8-30(10-15(13)9-29-11-17(31)12-29)21-19(24)7-26-22(28-21)27-16-4-5-20(25-3)18(6-16)14(2)23;1-4-5-6(2)3/h4-8,10,17,31H,9,11-12H2,1-3H3,(H,26,27,28);6H,4-5H2,1-3H3/b18-14+,25-20?;. The number of hydrogen-bond acceptors (Lipinski definition) is 6. The van der Waals surface area contributed by atoms with Gasteiger partial charge in [0.2, 0.25) is 5.95 Å². The van der Waals surface area contributed by atoms with E-state index in [4.69, 9.17) is 11.6 Å². The van der Waals surface area contributed by atoms with Crippen LogP contribution in [0.2, 0.25) is 0 Å². The van der Waals surface area contributed by atoms with Crippen molar-refractivity contribution >= 4 is 23.3 Å². The molecule has 0 aromatic carbocycles. The highest BCUT2D eigenvalue weighted by atomic mass is 35.5. The van der Waals surface area contributed by atoms with Gasteiger partial charge in [-0.1, -0.05) is 45.2 Å². The monoisotopic (exact) mass is 528 g/mol. The normalized spacial score (nSPS) is 18.4. The number of hydrogen-bond donors (Lipinski definition) is 2. The number of β-amino-alcohol motifs (C(OH)–C–C–N with tert-alkyl or cyclic N) is 1. The van der Waals surface area contributed by atoms with Crippen molar-refractivity contribution < 1.29 is 9.50 Å². The summed E-state index contributed by atoms with van der Waals surface area (Å²) < 4.78 is 16.2. The van der Waals surface area contributed by atoms with Crippen molar-refractivity contribution in [2.24, 2.45) is 10.9 Å². The van der Waals surface area contributed by atoms with Crippen molar-refractivity contribution in [1.29, 1.82) is 0 Å². The van der Waals surface area contributed by atoms with E-state index in [-0.39, 0.29) is 17.9 Å². The molecular weight excluding hydrogens is 491 g/mol.